The van der Waals surface area contributed by atoms with E-state index in [9.17, 15) is 4.79 Å². The van der Waals surface area contributed by atoms with E-state index < -0.39 is 5.97 Å². The molecule has 0 saturated heterocycles. The number of carboxylic acid groups (broad SMARTS) is 1. The standard InChI is InChI=1S/C10H12N2O2S/c13-9(14)5-15-10-7-3-1-2-4-8(7)11-6-12-10/h6H,1-5H2,(H,13,14). The van der Waals surface area contributed by atoms with Crippen LogP contribution in [0.1, 0.15) is 24.1 Å². The second-order valence-electron chi connectivity index (χ2n) is 3.49. The van der Waals surface area contributed by atoms with Crippen molar-refractivity contribution in [2.45, 2.75) is 30.7 Å². The van der Waals surface area contributed by atoms with E-state index in [0.717, 1.165) is 35.5 Å². The summed E-state index contributed by atoms with van der Waals surface area (Å²) in [5.41, 5.74) is 2.26. The molecule has 5 heteroatoms. The van der Waals surface area contributed by atoms with E-state index in [-0.39, 0.29) is 5.75 Å². The summed E-state index contributed by atoms with van der Waals surface area (Å²) in [6.45, 7) is 0. The molecule has 2 rings (SSSR count). The molecule has 0 aliphatic heterocycles. The van der Waals surface area contributed by atoms with Crippen LogP contribution in [0.3, 0.4) is 0 Å². The molecule has 1 aliphatic carbocycles. The molecule has 0 atom stereocenters. The van der Waals surface area contributed by atoms with Gasteiger partial charge in [0, 0.05) is 11.3 Å². The molecule has 1 aliphatic rings. The zero-order valence-electron chi connectivity index (χ0n) is 8.27. The molecule has 0 unspecified atom stereocenters. The highest BCUT2D eigenvalue weighted by molar-refractivity contribution is 7.99. The molecule has 0 radical (unpaired) electrons. The third-order valence-corrected chi connectivity index (χ3v) is 3.43. The van der Waals surface area contributed by atoms with E-state index in [1.807, 2.05) is 0 Å². The van der Waals surface area contributed by atoms with Crippen molar-refractivity contribution >= 4 is 17.7 Å². The number of carbonyl (C=O) groups is 1. The number of hydrogen-bond donors (Lipinski definition) is 1. The van der Waals surface area contributed by atoms with Gasteiger partial charge in [-0.15, -0.1) is 0 Å². The highest BCUT2D eigenvalue weighted by atomic mass is 32.2. The van der Waals surface area contributed by atoms with Gasteiger partial charge in [-0.3, -0.25) is 4.79 Å². The van der Waals surface area contributed by atoms with Crippen molar-refractivity contribution in [1.82, 2.24) is 9.97 Å². The number of rotatable bonds is 3. The van der Waals surface area contributed by atoms with Gasteiger partial charge in [-0.05, 0) is 25.7 Å². The first-order valence-corrected chi connectivity index (χ1v) is 5.93. The lowest BCUT2D eigenvalue weighted by Gasteiger charge is -2.16. The van der Waals surface area contributed by atoms with Gasteiger partial charge in [0.05, 0.1) is 5.75 Å². The molecule has 1 heterocycles. The highest BCUT2D eigenvalue weighted by Gasteiger charge is 2.16. The summed E-state index contributed by atoms with van der Waals surface area (Å²) >= 11 is 1.29. The fraction of sp³-hybridized carbons (Fsp3) is 0.500. The number of aliphatic carboxylic acids is 1. The lowest BCUT2D eigenvalue weighted by molar-refractivity contribution is -0.133. The molecule has 0 fully saturated rings. The van der Waals surface area contributed by atoms with Crippen molar-refractivity contribution in [3.63, 3.8) is 0 Å². The average Bonchev–Trinajstić information content (AvgIpc) is 2.26. The molecular formula is C10H12N2O2S. The van der Waals surface area contributed by atoms with Crippen LogP contribution in [0.2, 0.25) is 0 Å². The Bertz CT molecular complexity index is 382. The Labute approximate surface area is 92.1 Å². The largest absolute Gasteiger partial charge is 0.481 e. The zero-order chi connectivity index (χ0) is 10.7. The molecule has 0 spiro atoms. The van der Waals surface area contributed by atoms with Crippen molar-refractivity contribution in [2.24, 2.45) is 0 Å². The third kappa shape index (κ3) is 2.47. The zero-order valence-corrected chi connectivity index (χ0v) is 9.09. The number of aryl methyl sites for hydroxylation is 1. The fourth-order valence-electron chi connectivity index (χ4n) is 1.75. The molecule has 80 valence electrons. The van der Waals surface area contributed by atoms with E-state index in [4.69, 9.17) is 5.11 Å². The van der Waals surface area contributed by atoms with Gasteiger partial charge in [0.15, 0.2) is 0 Å². The quantitative estimate of drug-likeness (QED) is 0.623. The average molecular weight is 224 g/mol. The topological polar surface area (TPSA) is 63.1 Å². The lowest BCUT2D eigenvalue weighted by Crippen LogP contribution is -2.09. The van der Waals surface area contributed by atoms with Crippen LogP contribution < -0.4 is 0 Å². The van der Waals surface area contributed by atoms with E-state index in [2.05, 4.69) is 9.97 Å². The maximum Gasteiger partial charge on any atom is 0.313 e. The maximum atomic E-state index is 10.5. The van der Waals surface area contributed by atoms with Crippen LogP contribution >= 0.6 is 11.8 Å². The molecule has 0 bridgehead atoms. The molecular weight excluding hydrogens is 212 g/mol. The molecule has 0 aromatic carbocycles. The van der Waals surface area contributed by atoms with Crippen LogP contribution in [0.4, 0.5) is 0 Å². The second kappa shape index (κ2) is 4.61. The highest BCUT2D eigenvalue weighted by Crippen LogP contribution is 2.27. The van der Waals surface area contributed by atoms with E-state index >= 15 is 0 Å². The van der Waals surface area contributed by atoms with Gasteiger partial charge in [-0.25, -0.2) is 9.97 Å². The van der Waals surface area contributed by atoms with Crippen LogP contribution in [-0.2, 0) is 17.6 Å². The summed E-state index contributed by atoms with van der Waals surface area (Å²) in [5.74, 6) is -0.730. The maximum absolute atomic E-state index is 10.5. The molecule has 1 N–H and O–H groups in total. The Morgan fingerprint density at radius 3 is 3.00 bits per heavy atom. The third-order valence-electron chi connectivity index (χ3n) is 2.42. The Morgan fingerprint density at radius 2 is 2.20 bits per heavy atom. The second-order valence-corrected chi connectivity index (χ2v) is 4.46. The smallest absolute Gasteiger partial charge is 0.313 e. The minimum absolute atomic E-state index is 0.0729. The Kier molecular flexibility index (Phi) is 3.20. The summed E-state index contributed by atoms with van der Waals surface area (Å²) in [6.07, 6.45) is 5.85. The molecule has 0 amide bonds. The first-order chi connectivity index (χ1) is 7.27. The van der Waals surface area contributed by atoms with Crippen LogP contribution in [0.25, 0.3) is 0 Å². The van der Waals surface area contributed by atoms with E-state index in [0.29, 0.717) is 0 Å². The fourth-order valence-corrected chi connectivity index (χ4v) is 2.52. The van der Waals surface area contributed by atoms with Crippen molar-refractivity contribution in [2.75, 3.05) is 5.75 Å². The molecule has 1 aromatic rings. The summed E-state index contributed by atoms with van der Waals surface area (Å²) < 4.78 is 0. The molecule has 0 saturated carbocycles. The van der Waals surface area contributed by atoms with Crippen LogP contribution in [-0.4, -0.2) is 26.8 Å². The van der Waals surface area contributed by atoms with Gasteiger partial charge in [-0.2, -0.15) is 0 Å². The monoisotopic (exact) mass is 224 g/mol. The van der Waals surface area contributed by atoms with Gasteiger partial charge in [0.2, 0.25) is 0 Å². The van der Waals surface area contributed by atoms with Gasteiger partial charge >= 0.3 is 5.97 Å². The van der Waals surface area contributed by atoms with Crippen molar-refractivity contribution in [1.29, 1.82) is 0 Å². The lowest BCUT2D eigenvalue weighted by atomic mass is 9.98. The van der Waals surface area contributed by atoms with Crippen LogP contribution in [0.5, 0.6) is 0 Å². The predicted octanol–water partition coefficient (Wildman–Crippen LogP) is 1.53. The van der Waals surface area contributed by atoms with Gasteiger partial charge < -0.3 is 5.11 Å². The van der Waals surface area contributed by atoms with Crippen molar-refractivity contribution in [3.05, 3.63) is 17.6 Å². The molecule has 15 heavy (non-hydrogen) atoms. The minimum atomic E-state index is -0.803. The molecule has 1 aromatic heterocycles. The van der Waals surface area contributed by atoms with Gasteiger partial charge in [0.25, 0.3) is 0 Å². The van der Waals surface area contributed by atoms with E-state index in [1.165, 1.54) is 24.5 Å². The normalized spacial score (nSPS) is 14.7. The number of fused-ring (bicyclic) bond motifs is 1. The summed E-state index contributed by atoms with van der Waals surface area (Å²) in [4.78, 5) is 18.9. The number of nitrogens with zero attached hydrogens (tertiary/aromatic N) is 2. The van der Waals surface area contributed by atoms with E-state index in [1.54, 1.807) is 0 Å². The first-order valence-electron chi connectivity index (χ1n) is 4.94. The summed E-state index contributed by atoms with van der Waals surface area (Å²) in [6, 6.07) is 0. The van der Waals surface area contributed by atoms with Gasteiger partial charge in [-0.1, -0.05) is 11.8 Å². The first kappa shape index (κ1) is 10.4. The SMILES string of the molecule is O=C(O)CSc1ncnc2c1CCCC2. The number of hydrogen-bond acceptors (Lipinski definition) is 4. The summed E-state index contributed by atoms with van der Waals surface area (Å²) in [5, 5.41) is 9.46. The Balaban J connectivity index is 2.19. The van der Waals surface area contributed by atoms with Crippen molar-refractivity contribution < 1.29 is 9.90 Å². The van der Waals surface area contributed by atoms with Crippen LogP contribution in [0, 0.1) is 0 Å². The number of aromatic nitrogens is 2. The summed E-state index contributed by atoms with van der Waals surface area (Å²) in [7, 11) is 0. The molecule has 4 nitrogen and oxygen atoms in total. The minimum Gasteiger partial charge on any atom is -0.481 e. The van der Waals surface area contributed by atoms with Crippen molar-refractivity contribution in [3.8, 4) is 0 Å². The number of thioether (sulfide) groups is 1. The predicted molar refractivity (Wildman–Crippen MR) is 57.0 cm³/mol. The van der Waals surface area contributed by atoms with Gasteiger partial charge in [0.1, 0.15) is 11.4 Å². The number of carboxylic acids is 1. The Hall–Kier alpha value is -1.10. The van der Waals surface area contributed by atoms with Crippen LogP contribution in [0.15, 0.2) is 11.4 Å². The Morgan fingerprint density at radius 1 is 1.40 bits per heavy atom.